The Bertz CT molecular complexity index is 417. The Morgan fingerprint density at radius 3 is 2.09 bits per heavy atom. The Kier molecular flexibility index (Phi) is 4.76. The van der Waals surface area contributed by atoms with Crippen molar-refractivity contribution < 1.29 is 9.90 Å². The van der Waals surface area contributed by atoms with Gasteiger partial charge in [-0.05, 0) is 45.7 Å². The first-order valence-electron chi connectivity index (χ1n) is 9.55. The average molecular weight is 322 g/mol. The minimum absolute atomic E-state index is 0.166. The molecule has 1 saturated carbocycles. The third-order valence-electron chi connectivity index (χ3n) is 6.82. The van der Waals surface area contributed by atoms with Crippen molar-refractivity contribution in [3.05, 3.63) is 0 Å². The summed E-state index contributed by atoms with van der Waals surface area (Å²) in [5.41, 5.74) is -0.989. The summed E-state index contributed by atoms with van der Waals surface area (Å²) in [5.74, 6) is 0.443. The summed E-state index contributed by atoms with van der Waals surface area (Å²) in [6.45, 7) is 9.32. The highest BCUT2D eigenvalue weighted by Gasteiger charge is 2.50. The van der Waals surface area contributed by atoms with Gasteiger partial charge in [-0.15, -0.1) is 0 Å². The molecule has 1 N–H and O–H groups in total. The Morgan fingerprint density at radius 2 is 1.57 bits per heavy atom. The predicted molar refractivity (Wildman–Crippen MR) is 92.2 cm³/mol. The fraction of sp³-hybridized carbons (Fsp3) is 0.947. The lowest BCUT2D eigenvalue weighted by atomic mass is 9.79. The molecule has 2 aliphatic heterocycles. The zero-order chi connectivity index (χ0) is 16.7. The van der Waals surface area contributed by atoms with Crippen LogP contribution in [0.2, 0.25) is 0 Å². The lowest BCUT2D eigenvalue weighted by Gasteiger charge is -2.39. The molecule has 1 amide bonds. The van der Waals surface area contributed by atoms with Crippen LogP contribution in [0.5, 0.6) is 0 Å². The number of carbonyl (C=O) groups excluding carboxylic acids is 1. The number of nitrogens with zero attached hydrogens (tertiary/aromatic N) is 2. The van der Waals surface area contributed by atoms with Crippen LogP contribution in [-0.2, 0) is 4.79 Å². The van der Waals surface area contributed by atoms with Crippen molar-refractivity contribution in [2.45, 2.75) is 77.4 Å². The fourth-order valence-electron chi connectivity index (χ4n) is 4.66. The lowest BCUT2D eigenvalue weighted by Crippen LogP contribution is -2.46. The number of likely N-dealkylation sites (tertiary alicyclic amines) is 2. The van der Waals surface area contributed by atoms with Gasteiger partial charge in [0.1, 0.15) is 0 Å². The van der Waals surface area contributed by atoms with E-state index in [1.54, 1.807) is 0 Å². The summed E-state index contributed by atoms with van der Waals surface area (Å²) in [4.78, 5) is 17.4. The Labute approximate surface area is 141 Å². The molecular weight excluding hydrogens is 288 g/mol. The zero-order valence-electron chi connectivity index (χ0n) is 15.2. The lowest BCUT2D eigenvalue weighted by molar-refractivity contribution is -0.137. The Morgan fingerprint density at radius 1 is 0.957 bits per heavy atom. The molecule has 0 aromatic heterocycles. The van der Waals surface area contributed by atoms with Crippen LogP contribution in [0.3, 0.4) is 0 Å². The molecule has 0 aromatic carbocycles. The number of β-amino-alcohol motifs (C(OH)–C–C–N with tert-alkyl or cyclic N) is 1. The summed E-state index contributed by atoms with van der Waals surface area (Å²) in [5, 5.41) is 10.6. The van der Waals surface area contributed by atoms with Crippen molar-refractivity contribution in [3.63, 3.8) is 0 Å². The van der Waals surface area contributed by atoms with Crippen molar-refractivity contribution in [2.24, 2.45) is 11.3 Å². The number of hydrogen-bond donors (Lipinski definition) is 1. The molecule has 0 radical (unpaired) electrons. The highest BCUT2D eigenvalue weighted by Crippen LogP contribution is 2.39. The second-order valence-corrected chi connectivity index (χ2v) is 8.95. The molecule has 1 aliphatic carbocycles. The van der Waals surface area contributed by atoms with Crippen LogP contribution in [0.4, 0.5) is 0 Å². The van der Waals surface area contributed by atoms with Gasteiger partial charge in [-0.2, -0.15) is 0 Å². The van der Waals surface area contributed by atoms with E-state index in [-0.39, 0.29) is 17.2 Å². The molecule has 23 heavy (non-hydrogen) atoms. The number of hydrogen-bond acceptors (Lipinski definition) is 3. The van der Waals surface area contributed by atoms with Crippen molar-refractivity contribution >= 4 is 5.91 Å². The average Bonchev–Trinajstić information content (AvgIpc) is 2.76. The van der Waals surface area contributed by atoms with E-state index in [4.69, 9.17) is 0 Å². The first-order valence-corrected chi connectivity index (χ1v) is 9.55. The van der Waals surface area contributed by atoms with E-state index < -0.39 is 5.60 Å². The van der Waals surface area contributed by atoms with Gasteiger partial charge in [-0.1, -0.05) is 33.1 Å². The van der Waals surface area contributed by atoms with Crippen LogP contribution in [-0.4, -0.2) is 58.6 Å². The molecule has 1 atom stereocenters. The monoisotopic (exact) mass is 322 g/mol. The summed E-state index contributed by atoms with van der Waals surface area (Å²) >= 11 is 0. The topological polar surface area (TPSA) is 43.8 Å². The van der Waals surface area contributed by atoms with Gasteiger partial charge in [0.15, 0.2) is 0 Å². The Balaban J connectivity index is 1.53. The largest absolute Gasteiger partial charge is 0.388 e. The maximum atomic E-state index is 12.9. The van der Waals surface area contributed by atoms with E-state index >= 15 is 0 Å². The van der Waals surface area contributed by atoms with Gasteiger partial charge in [0.05, 0.1) is 5.60 Å². The van der Waals surface area contributed by atoms with Crippen molar-refractivity contribution in [1.29, 1.82) is 0 Å². The molecule has 2 saturated heterocycles. The van der Waals surface area contributed by atoms with Gasteiger partial charge < -0.3 is 14.9 Å². The van der Waals surface area contributed by atoms with Gasteiger partial charge in [0.2, 0.25) is 5.91 Å². The first-order chi connectivity index (χ1) is 10.8. The van der Waals surface area contributed by atoms with Crippen LogP contribution in [0.15, 0.2) is 0 Å². The fourth-order valence-corrected chi connectivity index (χ4v) is 4.66. The SMILES string of the molecule is CC1(C)CN(C(=O)C2CCN(C3CCCCC3)CC2)C[C@]1(C)O. The third kappa shape index (κ3) is 3.43. The number of aliphatic hydroxyl groups is 1. The van der Waals surface area contributed by atoms with Crippen LogP contribution >= 0.6 is 0 Å². The molecular formula is C19H34N2O2. The van der Waals surface area contributed by atoms with E-state index in [0.29, 0.717) is 13.1 Å². The minimum Gasteiger partial charge on any atom is -0.388 e. The smallest absolute Gasteiger partial charge is 0.225 e. The molecule has 0 aromatic rings. The summed E-state index contributed by atoms with van der Waals surface area (Å²) < 4.78 is 0. The first kappa shape index (κ1) is 17.2. The summed E-state index contributed by atoms with van der Waals surface area (Å²) in [7, 11) is 0. The van der Waals surface area contributed by atoms with Gasteiger partial charge in [-0.25, -0.2) is 0 Å². The van der Waals surface area contributed by atoms with Crippen LogP contribution in [0.25, 0.3) is 0 Å². The van der Waals surface area contributed by atoms with Crippen molar-refractivity contribution in [1.82, 2.24) is 9.80 Å². The molecule has 3 rings (SSSR count). The Hall–Kier alpha value is -0.610. The highest BCUT2D eigenvalue weighted by molar-refractivity contribution is 5.79. The normalized spacial score (nSPS) is 34.0. The van der Waals surface area contributed by atoms with Gasteiger partial charge >= 0.3 is 0 Å². The van der Waals surface area contributed by atoms with E-state index in [1.807, 2.05) is 11.8 Å². The maximum Gasteiger partial charge on any atom is 0.225 e. The van der Waals surface area contributed by atoms with E-state index in [0.717, 1.165) is 32.0 Å². The summed E-state index contributed by atoms with van der Waals surface area (Å²) in [6.07, 6.45) is 8.84. The van der Waals surface area contributed by atoms with Gasteiger partial charge in [0, 0.05) is 30.5 Å². The standard InChI is InChI=1S/C19H34N2O2/c1-18(2)13-21(14-19(18,3)23)17(22)15-9-11-20(12-10-15)16-7-5-4-6-8-16/h15-16,23H,4-14H2,1-3H3/t19-/m0/s1. The maximum absolute atomic E-state index is 12.9. The van der Waals surface area contributed by atoms with Crippen LogP contribution in [0, 0.1) is 11.3 Å². The molecule has 132 valence electrons. The predicted octanol–water partition coefficient (Wildman–Crippen LogP) is 2.65. The second-order valence-electron chi connectivity index (χ2n) is 8.95. The van der Waals surface area contributed by atoms with Gasteiger partial charge in [-0.3, -0.25) is 4.79 Å². The molecule has 4 nitrogen and oxygen atoms in total. The quantitative estimate of drug-likeness (QED) is 0.850. The minimum atomic E-state index is -0.772. The molecule has 0 unspecified atom stereocenters. The third-order valence-corrected chi connectivity index (χ3v) is 6.82. The summed E-state index contributed by atoms with van der Waals surface area (Å²) in [6, 6.07) is 0.770. The molecule has 0 bridgehead atoms. The number of amides is 1. The molecule has 3 fully saturated rings. The van der Waals surface area contributed by atoms with Crippen molar-refractivity contribution in [2.75, 3.05) is 26.2 Å². The van der Waals surface area contributed by atoms with Crippen molar-refractivity contribution in [3.8, 4) is 0 Å². The zero-order valence-corrected chi connectivity index (χ0v) is 15.2. The molecule has 2 heterocycles. The molecule has 0 spiro atoms. The number of rotatable bonds is 2. The van der Waals surface area contributed by atoms with Gasteiger partial charge in [0.25, 0.3) is 0 Å². The van der Waals surface area contributed by atoms with E-state index in [2.05, 4.69) is 18.7 Å². The van der Waals surface area contributed by atoms with Crippen LogP contribution < -0.4 is 0 Å². The van der Waals surface area contributed by atoms with Crippen LogP contribution in [0.1, 0.15) is 65.7 Å². The molecule has 4 heteroatoms. The highest BCUT2D eigenvalue weighted by atomic mass is 16.3. The second kappa shape index (κ2) is 6.36. The van der Waals surface area contributed by atoms with E-state index in [1.165, 1.54) is 32.1 Å². The number of piperidine rings is 1. The van der Waals surface area contributed by atoms with E-state index in [9.17, 15) is 9.90 Å². The number of carbonyl (C=O) groups is 1. The molecule has 3 aliphatic rings.